The zero-order valence-electron chi connectivity index (χ0n) is 14.5. The third kappa shape index (κ3) is 5.98. The predicted octanol–water partition coefficient (Wildman–Crippen LogP) is 0.698. The summed E-state index contributed by atoms with van der Waals surface area (Å²) >= 11 is 0. The number of ether oxygens (including phenoxy) is 2. The molecular weight excluding hydrogens is 316 g/mol. The van der Waals surface area contributed by atoms with E-state index in [-0.39, 0.29) is 44.1 Å². The van der Waals surface area contributed by atoms with Gasteiger partial charge in [0.25, 0.3) is 0 Å². The molecule has 0 aromatic heterocycles. The first-order valence-electron chi connectivity index (χ1n) is 7.82. The van der Waals surface area contributed by atoms with Gasteiger partial charge in [-0.25, -0.2) is 4.79 Å². The second kappa shape index (κ2) is 8.99. The van der Waals surface area contributed by atoms with Gasteiger partial charge < -0.3 is 9.47 Å². The largest absolute Gasteiger partial charge is 0.466 e. The first-order valence-corrected chi connectivity index (χ1v) is 7.82. The summed E-state index contributed by atoms with van der Waals surface area (Å²) in [6, 6.07) is 0. The van der Waals surface area contributed by atoms with Gasteiger partial charge in [-0.1, -0.05) is 13.8 Å². The number of hydrogen-bond donors (Lipinski definition) is 2. The van der Waals surface area contributed by atoms with E-state index in [0.29, 0.717) is 5.84 Å². The SMILES string of the molecule is CCOC(=O)CC/C(=N\N=C1\NNC(=O)CC1(C)C)C(=O)OCC. The normalized spacial score (nSPS) is 18.6. The average Bonchev–Trinajstić information content (AvgIpc) is 2.48. The number of carbonyl (C=O) groups excluding carboxylic acids is 3. The van der Waals surface area contributed by atoms with E-state index in [9.17, 15) is 14.4 Å². The van der Waals surface area contributed by atoms with Crippen molar-refractivity contribution in [2.75, 3.05) is 13.2 Å². The molecular formula is C15H24N4O5. The minimum Gasteiger partial charge on any atom is -0.466 e. The van der Waals surface area contributed by atoms with Crippen LogP contribution in [0.15, 0.2) is 10.2 Å². The molecule has 1 amide bonds. The molecule has 0 atom stereocenters. The van der Waals surface area contributed by atoms with E-state index < -0.39 is 17.4 Å². The molecule has 2 N–H and O–H groups in total. The van der Waals surface area contributed by atoms with Gasteiger partial charge in [-0.3, -0.25) is 20.4 Å². The number of esters is 2. The smallest absolute Gasteiger partial charge is 0.354 e. The van der Waals surface area contributed by atoms with Crippen molar-refractivity contribution >= 4 is 29.4 Å². The molecule has 134 valence electrons. The quantitative estimate of drug-likeness (QED) is 0.400. The van der Waals surface area contributed by atoms with Crippen molar-refractivity contribution in [2.24, 2.45) is 15.6 Å². The zero-order chi connectivity index (χ0) is 18.2. The number of nitrogens with zero attached hydrogens (tertiary/aromatic N) is 2. The molecule has 9 heteroatoms. The molecule has 1 aliphatic rings. The molecule has 9 nitrogen and oxygen atoms in total. The molecule has 0 saturated carbocycles. The van der Waals surface area contributed by atoms with E-state index in [0.717, 1.165) is 0 Å². The number of hydrazine groups is 1. The van der Waals surface area contributed by atoms with Crippen molar-refractivity contribution in [2.45, 2.75) is 47.0 Å². The summed E-state index contributed by atoms with van der Waals surface area (Å²) in [6.45, 7) is 7.49. The topological polar surface area (TPSA) is 118 Å². The van der Waals surface area contributed by atoms with Crippen LogP contribution < -0.4 is 10.9 Å². The Hall–Kier alpha value is -2.45. The Morgan fingerprint density at radius 3 is 2.38 bits per heavy atom. The third-order valence-corrected chi connectivity index (χ3v) is 3.22. The summed E-state index contributed by atoms with van der Waals surface area (Å²) in [4.78, 5) is 34.8. The van der Waals surface area contributed by atoms with Crippen molar-refractivity contribution in [3.63, 3.8) is 0 Å². The van der Waals surface area contributed by atoms with Crippen LogP contribution in [0.25, 0.3) is 0 Å². The number of hydrogen-bond acceptors (Lipinski definition) is 7. The highest BCUT2D eigenvalue weighted by molar-refractivity contribution is 6.36. The first kappa shape index (κ1) is 19.6. The maximum absolute atomic E-state index is 11.9. The summed E-state index contributed by atoms with van der Waals surface area (Å²) in [5, 5.41) is 7.95. The molecule has 1 fully saturated rings. The predicted molar refractivity (Wildman–Crippen MR) is 87.0 cm³/mol. The van der Waals surface area contributed by atoms with Crippen molar-refractivity contribution in [1.82, 2.24) is 10.9 Å². The lowest BCUT2D eigenvalue weighted by molar-refractivity contribution is -0.142. The fourth-order valence-corrected chi connectivity index (χ4v) is 1.96. The molecule has 0 aromatic rings. The van der Waals surface area contributed by atoms with Gasteiger partial charge >= 0.3 is 11.9 Å². The summed E-state index contributed by atoms with van der Waals surface area (Å²) < 4.78 is 9.75. The lowest BCUT2D eigenvalue weighted by Gasteiger charge is -2.30. The summed E-state index contributed by atoms with van der Waals surface area (Å²) in [5.41, 5.74) is 4.60. The molecule has 0 unspecified atom stereocenters. The number of amides is 1. The van der Waals surface area contributed by atoms with Crippen molar-refractivity contribution in [3.05, 3.63) is 0 Å². The van der Waals surface area contributed by atoms with Crippen LogP contribution >= 0.6 is 0 Å². The molecule has 1 heterocycles. The Morgan fingerprint density at radius 2 is 1.79 bits per heavy atom. The van der Waals surface area contributed by atoms with Gasteiger partial charge in [-0.2, -0.15) is 0 Å². The molecule has 1 saturated heterocycles. The minimum absolute atomic E-state index is 0.00387. The standard InChI is InChI=1S/C15H24N4O5/c1-5-23-12(21)8-7-10(13(22)24-6-2)16-18-14-15(3,4)9-11(20)17-19-14/h5-9H2,1-4H3,(H,17,20)(H,18,19)/b16-10+. The molecule has 0 radical (unpaired) electrons. The van der Waals surface area contributed by atoms with Crippen LogP contribution in [0.4, 0.5) is 0 Å². The molecule has 24 heavy (non-hydrogen) atoms. The average molecular weight is 340 g/mol. The van der Waals surface area contributed by atoms with Gasteiger partial charge in [-0.15, -0.1) is 10.2 Å². The summed E-state index contributed by atoms with van der Waals surface area (Å²) in [7, 11) is 0. The van der Waals surface area contributed by atoms with E-state index in [1.165, 1.54) is 0 Å². The maximum atomic E-state index is 11.9. The Balaban J connectivity index is 2.90. The fraction of sp³-hybridized carbons (Fsp3) is 0.667. The van der Waals surface area contributed by atoms with E-state index in [4.69, 9.17) is 9.47 Å². The van der Waals surface area contributed by atoms with Gasteiger partial charge in [-0.05, 0) is 13.8 Å². The highest BCUT2D eigenvalue weighted by Gasteiger charge is 2.33. The number of rotatable bonds is 7. The summed E-state index contributed by atoms with van der Waals surface area (Å²) in [5.74, 6) is -0.801. The Kier molecular flexibility index (Phi) is 7.34. The Bertz CT molecular complexity index is 554. The van der Waals surface area contributed by atoms with E-state index in [1.54, 1.807) is 13.8 Å². The van der Waals surface area contributed by atoms with Crippen LogP contribution in [0.3, 0.4) is 0 Å². The number of carbonyl (C=O) groups is 3. The third-order valence-electron chi connectivity index (χ3n) is 3.22. The van der Waals surface area contributed by atoms with Crippen molar-refractivity contribution in [1.29, 1.82) is 0 Å². The zero-order valence-corrected chi connectivity index (χ0v) is 14.5. The highest BCUT2D eigenvalue weighted by atomic mass is 16.5. The van der Waals surface area contributed by atoms with E-state index >= 15 is 0 Å². The first-order chi connectivity index (χ1) is 11.3. The van der Waals surface area contributed by atoms with Crippen molar-refractivity contribution in [3.8, 4) is 0 Å². The monoisotopic (exact) mass is 340 g/mol. The fourth-order valence-electron chi connectivity index (χ4n) is 1.96. The second-order valence-corrected chi connectivity index (χ2v) is 5.75. The Morgan fingerprint density at radius 1 is 1.12 bits per heavy atom. The minimum atomic E-state index is -0.635. The molecule has 0 spiro atoms. The molecule has 1 rings (SSSR count). The number of nitrogens with one attached hydrogen (secondary N) is 2. The van der Waals surface area contributed by atoms with Crippen LogP contribution in [0, 0.1) is 5.41 Å². The Labute approximate surface area is 140 Å². The lowest BCUT2D eigenvalue weighted by atomic mass is 9.86. The van der Waals surface area contributed by atoms with E-state index in [1.807, 2.05) is 13.8 Å². The molecule has 0 aromatic carbocycles. The van der Waals surface area contributed by atoms with Crippen LogP contribution in [0.5, 0.6) is 0 Å². The van der Waals surface area contributed by atoms with E-state index in [2.05, 4.69) is 21.1 Å². The van der Waals surface area contributed by atoms with Gasteiger partial charge in [0, 0.05) is 18.3 Å². The van der Waals surface area contributed by atoms with Gasteiger partial charge in [0.05, 0.1) is 19.6 Å². The van der Waals surface area contributed by atoms with Crippen LogP contribution in [-0.2, 0) is 23.9 Å². The van der Waals surface area contributed by atoms with Crippen molar-refractivity contribution < 1.29 is 23.9 Å². The molecule has 1 aliphatic heterocycles. The van der Waals surface area contributed by atoms with Gasteiger partial charge in [0.1, 0.15) is 11.5 Å². The maximum Gasteiger partial charge on any atom is 0.354 e. The molecule has 0 bridgehead atoms. The summed E-state index contributed by atoms with van der Waals surface area (Å²) in [6.07, 6.45) is 0.303. The second-order valence-electron chi connectivity index (χ2n) is 5.75. The van der Waals surface area contributed by atoms with Crippen LogP contribution in [0.1, 0.15) is 47.0 Å². The highest BCUT2D eigenvalue weighted by Crippen LogP contribution is 2.23. The van der Waals surface area contributed by atoms with Crippen LogP contribution in [0.2, 0.25) is 0 Å². The number of amidine groups is 1. The van der Waals surface area contributed by atoms with Gasteiger partial charge in [0.15, 0.2) is 0 Å². The van der Waals surface area contributed by atoms with Gasteiger partial charge in [0.2, 0.25) is 5.91 Å². The van der Waals surface area contributed by atoms with Crippen LogP contribution in [-0.4, -0.2) is 42.6 Å². The molecule has 0 aliphatic carbocycles. The lowest BCUT2D eigenvalue weighted by Crippen LogP contribution is -2.54.